The van der Waals surface area contributed by atoms with Crippen LogP contribution in [0.1, 0.15) is 23.2 Å². The van der Waals surface area contributed by atoms with Gasteiger partial charge in [0, 0.05) is 33.3 Å². The molecule has 0 saturated heterocycles. The van der Waals surface area contributed by atoms with E-state index in [1.54, 1.807) is 0 Å². The summed E-state index contributed by atoms with van der Waals surface area (Å²) in [7, 11) is 0. The largest absolute Gasteiger partial charge is 0.302 e. The third-order valence-corrected chi connectivity index (χ3v) is 6.15. The first-order valence-corrected chi connectivity index (χ1v) is 11.1. The number of aryl methyl sites for hydroxylation is 2. The summed E-state index contributed by atoms with van der Waals surface area (Å²) in [6, 6.07) is 12.0. The van der Waals surface area contributed by atoms with Crippen molar-refractivity contribution in [2.45, 2.75) is 25.3 Å². The molecular formula is C20H17BrN4OS2. The molecule has 0 aliphatic carbocycles. The minimum Gasteiger partial charge on any atom is -0.302 e. The van der Waals surface area contributed by atoms with Gasteiger partial charge in [-0.25, -0.2) is 9.97 Å². The first-order valence-electron chi connectivity index (χ1n) is 8.48. The van der Waals surface area contributed by atoms with Crippen LogP contribution in [0.25, 0.3) is 11.3 Å². The van der Waals surface area contributed by atoms with Crippen molar-refractivity contribution in [1.82, 2.24) is 9.97 Å². The normalized spacial score (nSPS) is 10.5. The minimum atomic E-state index is -0.105. The fourth-order valence-electron chi connectivity index (χ4n) is 2.55. The maximum Gasteiger partial charge on any atom is 0.226 e. The summed E-state index contributed by atoms with van der Waals surface area (Å²) in [6.07, 6.45) is 0.317. The highest BCUT2D eigenvalue weighted by atomic mass is 79.9. The number of aromatic nitrogens is 2. The van der Waals surface area contributed by atoms with Crippen LogP contribution >= 0.6 is 39.0 Å². The van der Waals surface area contributed by atoms with Crippen molar-refractivity contribution in [2.75, 3.05) is 11.1 Å². The van der Waals surface area contributed by atoms with E-state index in [-0.39, 0.29) is 5.91 Å². The molecule has 3 rings (SSSR count). The summed E-state index contributed by atoms with van der Waals surface area (Å²) in [4.78, 5) is 21.1. The molecule has 1 amide bonds. The summed E-state index contributed by atoms with van der Waals surface area (Å²) < 4.78 is 1.01. The van der Waals surface area contributed by atoms with Gasteiger partial charge in [-0.1, -0.05) is 28.1 Å². The summed E-state index contributed by atoms with van der Waals surface area (Å²) in [5.74, 6) is 0.438. The van der Waals surface area contributed by atoms with Crippen LogP contribution in [-0.4, -0.2) is 21.6 Å². The number of benzene rings is 1. The molecule has 0 bridgehead atoms. The van der Waals surface area contributed by atoms with E-state index in [4.69, 9.17) is 0 Å². The molecule has 0 aliphatic rings. The second kappa shape index (κ2) is 9.32. The van der Waals surface area contributed by atoms with Crippen LogP contribution in [0.4, 0.5) is 5.13 Å². The number of anilines is 1. The zero-order valence-corrected chi connectivity index (χ0v) is 18.5. The van der Waals surface area contributed by atoms with Crippen LogP contribution in [0, 0.1) is 25.2 Å². The summed E-state index contributed by atoms with van der Waals surface area (Å²) in [6.45, 7) is 3.80. The van der Waals surface area contributed by atoms with Crippen molar-refractivity contribution < 1.29 is 4.79 Å². The minimum absolute atomic E-state index is 0.105. The molecule has 2 heterocycles. The number of hydrogen-bond donors (Lipinski definition) is 1. The number of rotatable bonds is 6. The average molecular weight is 473 g/mol. The number of halogens is 1. The molecule has 3 aromatic rings. The molecule has 0 saturated carbocycles. The van der Waals surface area contributed by atoms with Gasteiger partial charge in [-0.2, -0.15) is 5.26 Å². The summed E-state index contributed by atoms with van der Waals surface area (Å²) in [5.41, 5.74) is 4.19. The van der Waals surface area contributed by atoms with Crippen molar-refractivity contribution >= 4 is 50.1 Å². The number of pyridine rings is 1. The second-order valence-electron chi connectivity index (χ2n) is 6.06. The van der Waals surface area contributed by atoms with Gasteiger partial charge in [-0.15, -0.1) is 23.1 Å². The number of nitrogens with one attached hydrogen (secondary N) is 1. The van der Waals surface area contributed by atoms with E-state index < -0.39 is 0 Å². The number of carbonyl (C=O) groups excluding carboxylic acids is 1. The van der Waals surface area contributed by atoms with Gasteiger partial charge in [-0.05, 0) is 37.6 Å². The summed E-state index contributed by atoms with van der Waals surface area (Å²) in [5, 5.41) is 15.3. The zero-order chi connectivity index (χ0) is 20.1. The number of thiazole rings is 1. The molecule has 1 aromatic carbocycles. The lowest BCUT2D eigenvalue weighted by molar-refractivity contribution is -0.115. The number of carbonyl (C=O) groups is 1. The Kier molecular flexibility index (Phi) is 6.83. The smallest absolute Gasteiger partial charge is 0.226 e. The molecule has 0 fully saturated rings. The Balaban J connectivity index is 1.56. The standard InChI is InChI=1S/C20H17BrN4OS2/c1-12-9-13(2)23-19(16(12)10-22)27-8-7-18(26)25-20-24-17(11-28-20)14-3-5-15(21)6-4-14/h3-6,9,11H,7-8H2,1-2H3,(H,24,25,26). The molecule has 5 nitrogen and oxygen atoms in total. The number of nitriles is 1. The van der Waals surface area contributed by atoms with Crippen molar-refractivity contribution in [2.24, 2.45) is 0 Å². The predicted octanol–water partition coefficient (Wildman–Crippen LogP) is 5.58. The highest BCUT2D eigenvalue weighted by molar-refractivity contribution is 9.10. The Bertz CT molecular complexity index is 1040. The molecule has 142 valence electrons. The molecule has 0 radical (unpaired) electrons. The third-order valence-electron chi connectivity index (χ3n) is 3.88. The monoisotopic (exact) mass is 472 g/mol. The van der Waals surface area contributed by atoms with Gasteiger partial charge in [-0.3, -0.25) is 4.79 Å². The highest BCUT2D eigenvalue weighted by Crippen LogP contribution is 2.27. The van der Waals surface area contributed by atoms with Crippen LogP contribution in [0.3, 0.4) is 0 Å². The lowest BCUT2D eigenvalue weighted by atomic mass is 10.1. The fraction of sp³-hybridized carbons (Fsp3) is 0.200. The second-order valence-corrected chi connectivity index (χ2v) is 8.92. The Morgan fingerprint density at radius 1 is 1.29 bits per heavy atom. The van der Waals surface area contributed by atoms with Crippen LogP contribution in [0.5, 0.6) is 0 Å². The average Bonchev–Trinajstić information content (AvgIpc) is 3.10. The van der Waals surface area contributed by atoms with E-state index in [0.29, 0.717) is 27.9 Å². The number of hydrogen-bond acceptors (Lipinski definition) is 6. The fourth-order valence-corrected chi connectivity index (χ4v) is 4.59. The van der Waals surface area contributed by atoms with Gasteiger partial charge >= 0.3 is 0 Å². The molecule has 0 atom stereocenters. The van der Waals surface area contributed by atoms with Crippen molar-refractivity contribution in [3.8, 4) is 17.3 Å². The van der Waals surface area contributed by atoms with E-state index >= 15 is 0 Å². The maximum atomic E-state index is 12.2. The predicted molar refractivity (Wildman–Crippen MR) is 118 cm³/mol. The van der Waals surface area contributed by atoms with E-state index in [2.05, 4.69) is 37.3 Å². The quantitative estimate of drug-likeness (QED) is 0.473. The lowest BCUT2D eigenvalue weighted by Crippen LogP contribution is -2.12. The topological polar surface area (TPSA) is 78.7 Å². The van der Waals surface area contributed by atoms with E-state index in [9.17, 15) is 10.1 Å². The molecular weight excluding hydrogens is 456 g/mol. The van der Waals surface area contributed by atoms with Crippen LogP contribution in [0.2, 0.25) is 0 Å². The van der Waals surface area contributed by atoms with E-state index in [1.165, 1.54) is 23.1 Å². The number of amides is 1. The van der Waals surface area contributed by atoms with Crippen LogP contribution in [0.15, 0.2) is 45.2 Å². The van der Waals surface area contributed by atoms with Gasteiger partial charge in [0.25, 0.3) is 0 Å². The van der Waals surface area contributed by atoms with Gasteiger partial charge in [0.15, 0.2) is 5.13 Å². The molecule has 28 heavy (non-hydrogen) atoms. The summed E-state index contributed by atoms with van der Waals surface area (Å²) >= 11 is 6.24. The van der Waals surface area contributed by atoms with Crippen molar-refractivity contribution in [3.63, 3.8) is 0 Å². The van der Waals surface area contributed by atoms with E-state index in [0.717, 1.165) is 27.0 Å². The first kappa shape index (κ1) is 20.5. The van der Waals surface area contributed by atoms with E-state index in [1.807, 2.05) is 49.6 Å². The van der Waals surface area contributed by atoms with Crippen molar-refractivity contribution in [3.05, 3.63) is 57.0 Å². The Labute approximate surface area is 180 Å². The molecule has 0 unspecified atom stereocenters. The number of nitrogens with zero attached hydrogens (tertiary/aromatic N) is 3. The van der Waals surface area contributed by atoms with Crippen LogP contribution < -0.4 is 5.32 Å². The SMILES string of the molecule is Cc1cc(C)c(C#N)c(SCCC(=O)Nc2nc(-c3ccc(Br)cc3)cs2)n1. The maximum absolute atomic E-state index is 12.2. The zero-order valence-electron chi connectivity index (χ0n) is 15.3. The molecule has 2 aromatic heterocycles. The van der Waals surface area contributed by atoms with Gasteiger partial charge < -0.3 is 5.32 Å². The Hall–Kier alpha value is -2.21. The molecule has 0 spiro atoms. The van der Waals surface area contributed by atoms with Gasteiger partial charge in [0.1, 0.15) is 11.1 Å². The third kappa shape index (κ3) is 5.19. The Morgan fingerprint density at radius 3 is 2.75 bits per heavy atom. The Morgan fingerprint density at radius 2 is 2.04 bits per heavy atom. The van der Waals surface area contributed by atoms with Gasteiger partial charge in [0.2, 0.25) is 5.91 Å². The first-order chi connectivity index (χ1) is 13.5. The highest BCUT2D eigenvalue weighted by Gasteiger charge is 2.12. The van der Waals surface area contributed by atoms with Gasteiger partial charge in [0.05, 0.1) is 11.3 Å². The van der Waals surface area contributed by atoms with Crippen LogP contribution in [-0.2, 0) is 4.79 Å². The number of thioether (sulfide) groups is 1. The van der Waals surface area contributed by atoms with Crippen molar-refractivity contribution in [1.29, 1.82) is 5.26 Å². The lowest BCUT2D eigenvalue weighted by Gasteiger charge is -2.07. The molecule has 8 heteroatoms. The molecule has 1 N–H and O–H groups in total. The molecule has 0 aliphatic heterocycles.